The second-order valence-electron chi connectivity index (χ2n) is 4.57. The quantitative estimate of drug-likeness (QED) is 0.866. The zero-order valence-electron chi connectivity index (χ0n) is 10.3. The second-order valence-corrected chi connectivity index (χ2v) is 5.54. The second kappa shape index (κ2) is 5.61. The van der Waals surface area contributed by atoms with Gasteiger partial charge in [-0.3, -0.25) is 0 Å². The van der Waals surface area contributed by atoms with Crippen LogP contribution in [0.25, 0.3) is 0 Å². The topological polar surface area (TPSA) is 53.4 Å². The van der Waals surface area contributed by atoms with E-state index in [4.69, 9.17) is 0 Å². The standard InChI is InChI=1S/C14H17NO2S/c1-11-2-4-12(5-3-11)14(9-16,10-17)8-13-15-6-7-18-13/h2-7,16-17H,8-10H2,1H3. The van der Waals surface area contributed by atoms with E-state index >= 15 is 0 Å². The summed E-state index contributed by atoms with van der Waals surface area (Å²) in [6.45, 7) is 1.84. The molecule has 0 saturated heterocycles. The van der Waals surface area contributed by atoms with E-state index in [9.17, 15) is 10.2 Å². The van der Waals surface area contributed by atoms with Gasteiger partial charge in [0.1, 0.15) is 0 Å². The predicted molar refractivity (Wildman–Crippen MR) is 72.8 cm³/mol. The Hall–Kier alpha value is -1.23. The molecule has 0 atom stereocenters. The SMILES string of the molecule is Cc1ccc(C(CO)(CO)Cc2nccs2)cc1. The minimum Gasteiger partial charge on any atom is -0.395 e. The van der Waals surface area contributed by atoms with Gasteiger partial charge in [-0.15, -0.1) is 11.3 Å². The molecule has 0 saturated carbocycles. The maximum atomic E-state index is 9.71. The van der Waals surface area contributed by atoms with E-state index in [1.165, 1.54) is 0 Å². The summed E-state index contributed by atoms with van der Waals surface area (Å²) in [5.41, 5.74) is 1.47. The Morgan fingerprint density at radius 1 is 1.17 bits per heavy atom. The molecule has 0 aliphatic heterocycles. The molecule has 1 aromatic heterocycles. The molecule has 4 heteroatoms. The van der Waals surface area contributed by atoms with Crippen LogP contribution in [0.4, 0.5) is 0 Å². The molecule has 0 bridgehead atoms. The molecule has 1 aromatic carbocycles. The third-order valence-electron chi connectivity index (χ3n) is 3.24. The molecule has 0 amide bonds. The van der Waals surface area contributed by atoms with Gasteiger partial charge in [-0.2, -0.15) is 0 Å². The highest BCUT2D eigenvalue weighted by Crippen LogP contribution is 2.29. The highest BCUT2D eigenvalue weighted by molar-refractivity contribution is 7.09. The summed E-state index contributed by atoms with van der Waals surface area (Å²) in [6, 6.07) is 7.93. The van der Waals surface area contributed by atoms with Gasteiger partial charge >= 0.3 is 0 Å². The van der Waals surface area contributed by atoms with Gasteiger partial charge in [0.05, 0.1) is 18.2 Å². The minimum atomic E-state index is -0.647. The first-order valence-corrected chi connectivity index (χ1v) is 6.75. The lowest BCUT2D eigenvalue weighted by Crippen LogP contribution is -2.37. The zero-order chi connectivity index (χ0) is 13.0. The number of aliphatic hydroxyl groups excluding tert-OH is 2. The molecule has 0 aliphatic rings. The Morgan fingerprint density at radius 2 is 1.83 bits per heavy atom. The minimum absolute atomic E-state index is 0.0911. The van der Waals surface area contributed by atoms with Gasteiger partial charge in [0.15, 0.2) is 0 Å². The third-order valence-corrected chi connectivity index (χ3v) is 4.02. The number of benzene rings is 1. The predicted octanol–water partition coefficient (Wildman–Crippen LogP) is 1.92. The van der Waals surface area contributed by atoms with E-state index in [0.29, 0.717) is 6.42 Å². The van der Waals surface area contributed by atoms with Crippen molar-refractivity contribution in [1.82, 2.24) is 4.98 Å². The van der Waals surface area contributed by atoms with E-state index in [-0.39, 0.29) is 13.2 Å². The third kappa shape index (κ3) is 2.61. The highest BCUT2D eigenvalue weighted by atomic mass is 32.1. The van der Waals surface area contributed by atoms with Crippen molar-refractivity contribution in [3.05, 3.63) is 52.0 Å². The van der Waals surface area contributed by atoms with E-state index in [0.717, 1.165) is 16.1 Å². The molecule has 18 heavy (non-hydrogen) atoms. The van der Waals surface area contributed by atoms with E-state index in [2.05, 4.69) is 4.98 Å². The van der Waals surface area contributed by atoms with E-state index in [1.54, 1.807) is 17.5 Å². The summed E-state index contributed by atoms with van der Waals surface area (Å²) in [5, 5.41) is 22.3. The fourth-order valence-corrected chi connectivity index (χ4v) is 2.74. The fourth-order valence-electron chi connectivity index (χ4n) is 1.98. The van der Waals surface area contributed by atoms with Crippen molar-refractivity contribution in [1.29, 1.82) is 0 Å². The average Bonchev–Trinajstić information content (AvgIpc) is 2.90. The van der Waals surface area contributed by atoms with Crippen LogP contribution in [-0.2, 0) is 11.8 Å². The normalized spacial score (nSPS) is 11.7. The number of hydrogen-bond acceptors (Lipinski definition) is 4. The molecular weight excluding hydrogens is 246 g/mol. The molecule has 0 unspecified atom stereocenters. The molecule has 0 spiro atoms. The fraction of sp³-hybridized carbons (Fsp3) is 0.357. The summed E-state index contributed by atoms with van der Waals surface area (Å²) in [6.07, 6.45) is 2.30. The molecular formula is C14H17NO2S. The van der Waals surface area contributed by atoms with Crippen molar-refractivity contribution < 1.29 is 10.2 Å². The van der Waals surface area contributed by atoms with Gasteiger partial charge in [0, 0.05) is 23.4 Å². The molecule has 0 fully saturated rings. The summed E-state index contributed by atoms with van der Waals surface area (Å²) in [5.74, 6) is 0. The van der Waals surface area contributed by atoms with Crippen molar-refractivity contribution >= 4 is 11.3 Å². The Balaban J connectivity index is 2.33. The summed E-state index contributed by atoms with van der Waals surface area (Å²) >= 11 is 1.55. The number of aryl methyl sites for hydroxylation is 1. The number of thiazole rings is 1. The van der Waals surface area contributed by atoms with E-state index < -0.39 is 5.41 Å². The molecule has 2 aromatic rings. The van der Waals surface area contributed by atoms with Crippen LogP contribution >= 0.6 is 11.3 Å². The number of hydrogen-bond donors (Lipinski definition) is 2. The Labute approximate surface area is 111 Å². The van der Waals surface area contributed by atoms with Crippen LogP contribution in [0.1, 0.15) is 16.1 Å². The monoisotopic (exact) mass is 263 g/mol. The zero-order valence-corrected chi connectivity index (χ0v) is 11.2. The van der Waals surface area contributed by atoms with Crippen molar-refractivity contribution in [2.45, 2.75) is 18.8 Å². The number of aliphatic hydroxyl groups is 2. The van der Waals surface area contributed by atoms with Crippen molar-refractivity contribution in [3.8, 4) is 0 Å². The number of nitrogens with zero attached hydrogens (tertiary/aromatic N) is 1. The molecule has 0 aliphatic carbocycles. The first-order chi connectivity index (χ1) is 8.70. The lowest BCUT2D eigenvalue weighted by Gasteiger charge is -2.29. The molecule has 2 rings (SSSR count). The van der Waals surface area contributed by atoms with Crippen molar-refractivity contribution in [2.75, 3.05) is 13.2 Å². The van der Waals surface area contributed by atoms with E-state index in [1.807, 2.05) is 36.6 Å². The first-order valence-electron chi connectivity index (χ1n) is 5.87. The van der Waals surface area contributed by atoms with Crippen LogP contribution in [-0.4, -0.2) is 28.4 Å². The Bertz CT molecular complexity index is 475. The van der Waals surface area contributed by atoms with Crippen LogP contribution in [0.2, 0.25) is 0 Å². The maximum absolute atomic E-state index is 9.71. The van der Waals surface area contributed by atoms with Crippen LogP contribution in [0.15, 0.2) is 35.8 Å². The molecule has 96 valence electrons. The average molecular weight is 263 g/mol. The Morgan fingerprint density at radius 3 is 2.33 bits per heavy atom. The Kier molecular flexibility index (Phi) is 4.11. The van der Waals surface area contributed by atoms with Crippen LogP contribution in [0, 0.1) is 6.92 Å². The summed E-state index contributed by atoms with van der Waals surface area (Å²) in [7, 11) is 0. The first kappa shape index (κ1) is 13.2. The summed E-state index contributed by atoms with van der Waals surface area (Å²) in [4.78, 5) is 4.24. The van der Waals surface area contributed by atoms with Gasteiger partial charge in [-0.25, -0.2) is 4.98 Å². The number of aromatic nitrogens is 1. The maximum Gasteiger partial charge on any atom is 0.0935 e. The lowest BCUT2D eigenvalue weighted by atomic mass is 9.79. The van der Waals surface area contributed by atoms with Crippen molar-refractivity contribution in [3.63, 3.8) is 0 Å². The van der Waals surface area contributed by atoms with Gasteiger partial charge < -0.3 is 10.2 Å². The molecule has 2 N–H and O–H groups in total. The van der Waals surface area contributed by atoms with Gasteiger partial charge in [0.25, 0.3) is 0 Å². The smallest absolute Gasteiger partial charge is 0.0935 e. The summed E-state index contributed by atoms with van der Waals surface area (Å²) < 4.78 is 0. The number of rotatable bonds is 5. The molecule has 0 radical (unpaired) electrons. The van der Waals surface area contributed by atoms with Crippen LogP contribution < -0.4 is 0 Å². The van der Waals surface area contributed by atoms with Crippen LogP contribution in [0.5, 0.6) is 0 Å². The van der Waals surface area contributed by atoms with Gasteiger partial charge in [-0.05, 0) is 12.5 Å². The highest BCUT2D eigenvalue weighted by Gasteiger charge is 2.32. The molecule has 3 nitrogen and oxygen atoms in total. The lowest BCUT2D eigenvalue weighted by molar-refractivity contribution is 0.116. The molecule has 1 heterocycles. The van der Waals surface area contributed by atoms with Crippen LogP contribution in [0.3, 0.4) is 0 Å². The largest absolute Gasteiger partial charge is 0.395 e. The van der Waals surface area contributed by atoms with Crippen molar-refractivity contribution in [2.24, 2.45) is 0 Å². The van der Waals surface area contributed by atoms with Gasteiger partial charge in [-0.1, -0.05) is 29.8 Å². The van der Waals surface area contributed by atoms with Gasteiger partial charge in [0.2, 0.25) is 0 Å².